The van der Waals surface area contributed by atoms with Gasteiger partial charge in [0.2, 0.25) is 17.0 Å². The first-order valence-corrected chi connectivity index (χ1v) is 10.4. The summed E-state index contributed by atoms with van der Waals surface area (Å²) in [6.45, 7) is 5.65. The van der Waals surface area contributed by atoms with Crippen molar-refractivity contribution in [2.45, 2.75) is 32.3 Å². The highest BCUT2D eigenvalue weighted by Gasteiger charge is 2.16. The number of hydrogen-bond acceptors (Lipinski definition) is 7. The lowest BCUT2D eigenvalue weighted by atomic mass is 10.1. The van der Waals surface area contributed by atoms with Gasteiger partial charge in [0.15, 0.2) is 0 Å². The number of benzene rings is 1. The first kappa shape index (κ1) is 21.4. The Balaban J connectivity index is 1.50. The van der Waals surface area contributed by atoms with Gasteiger partial charge in [-0.05, 0) is 38.0 Å². The predicted molar refractivity (Wildman–Crippen MR) is 115 cm³/mol. The second-order valence-corrected chi connectivity index (χ2v) is 7.56. The maximum atomic E-state index is 12.1. The predicted octanol–water partition coefficient (Wildman–Crippen LogP) is 1.20. The number of amides is 2. The Bertz CT molecular complexity index is 1060. The van der Waals surface area contributed by atoms with E-state index < -0.39 is 0 Å². The highest BCUT2D eigenvalue weighted by Crippen LogP contribution is 2.17. The molecule has 10 nitrogen and oxygen atoms in total. The van der Waals surface area contributed by atoms with E-state index in [1.54, 1.807) is 4.68 Å². The minimum atomic E-state index is -0.311. The van der Waals surface area contributed by atoms with E-state index in [4.69, 9.17) is 5.84 Å². The van der Waals surface area contributed by atoms with Crippen LogP contribution in [0.2, 0.25) is 0 Å². The van der Waals surface area contributed by atoms with Crippen LogP contribution in [0.4, 0.5) is 5.69 Å². The van der Waals surface area contributed by atoms with Crippen molar-refractivity contribution >= 4 is 29.3 Å². The van der Waals surface area contributed by atoms with Crippen LogP contribution in [0.3, 0.4) is 0 Å². The molecule has 0 radical (unpaired) electrons. The highest BCUT2D eigenvalue weighted by atomic mass is 32.2. The zero-order valence-electron chi connectivity index (χ0n) is 17.0. The highest BCUT2D eigenvalue weighted by molar-refractivity contribution is 7.99. The fourth-order valence-electron chi connectivity index (χ4n) is 2.85. The summed E-state index contributed by atoms with van der Waals surface area (Å²) in [4.78, 5) is 24.2. The molecule has 0 saturated heterocycles. The smallest absolute Gasteiger partial charge is 0.271 e. The van der Waals surface area contributed by atoms with Crippen molar-refractivity contribution in [2.24, 2.45) is 0 Å². The van der Waals surface area contributed by atoms with Crippen molar-refractivity contribution in [3.05, 3.63) is 47.3 Å². The standard InChI is InChI=1S/C19H24N8O2S/c1-4-14-7-5-6-8-15(14)22-16(28)10-21-17(29)11-30-19-24-23-18(26(19)20)27-13(3)9-12(2)25-27/h5-9H,4,10-11,20H2,1-3H3,(H,21,29)(H,22,28). The average molecular weight is 429 g/mol. The Morgan fingerprint density at radius 3 is 2.63 bits per heavy atom. The number of aromatic nitrogens is 5. The van der Waals surface area contributed by atoms with Crippen LogP contribution in [-0.2, 0) is 16.0 Å². The molecule has 0 bridgehead atoms. The molecule has 0 aliphatic carbocycles. The van der Waals surface area contributed by atoms with Gasteiger partial charge in [-0.3, -0.25) is 9.59 Å². The molecule has 2 amide bonds. The van der Waals surface area contributed by atoms with Gasteiger partial charge in [0.1, 0.15) is 0 Å². The van der Waals surface area contributed by atoms with E-state index in [0.717, 1.165) is 40.8 Å². The molecule has 0 saturated carbocycles. The SMILES string of the molecule is CCc1ccccc1NC(=O)CNC(=O)CSc1nnc(-n2nc(C)cc2C)n1N. The van der Waals surface area contributed by atoms with Gasteiger partial charge < -0.3 is 16.5 Å². The van der Waals surface area contributed by atoms with Crippen LogP contribution in [0.5, 0.6) is 0 Å². The van der Waals surface area contributed by atoms with Crippen LogP contribution < -0.4 is 16.5 Å². The van der Waals surface area contributed by atoms with Crippen molar-refractivity contribution < 1.29 is 9.59 Å². The number of nitrogen functional groups attached to an aromatic ring is 1. The van der Waals surface area contributed by atoms with Crippen molar-refractivity contribution in [1.82, 2.24) is 30.0 Å². The van der Waals surface area contributed by atoms with E-state index in [9.17, 15) is 9.59 Å². The zero-order valence-corrected chi connectivity index (χ0v) is 17.9. The van der Waals surface area contributed by atoms with Gasteiger partial charge in [-0.1, -0.05) is 36.9 Å². The Kier molecular flexibility index (Phi) is 6.72. The van der Waals surface area contributed by atoms with Crippen molar-refractivity contribution in [3.8, 4) is 5.95 Å². The number of carbonyl (C=O) groups excluding carboxylic acids is 2. The number of anilines is 1. The number of carbonyl (C=O) groups is 2. The van der Waals surface area contributed by atoms with Crippen molar-refractivity contribution in [2.75, 3.05) is 23.5 Å². The molecule has 2 heterocycles. The lowest BCUT2D eigenvalue weighted by Gasteiger charge is -2.10. The normalized spacial score (nSPS) is 10.8. The molecule has 2 aromatic heterocycles. The van der Waals surface area contributed by atoms with Crippen molar-refractivity contribution in [1.29, 1.82) is 0 Å². The fraction of sp³-hybridized carbons (Fsp3) is 0.316. The van der Waals surface area contributed by atoms with E-state index in [1.807, 2.05) is 51.1 Å². The summed E-state index contributed by atoms with van der Waals surface area (Å²) < 4.78 is 2.87. The van der Waals surface area contributed by atoms with Crippen LogP contribution in [0, 0.1) is 13.8 Å². The minimum Gasteiger partial charge on any atom is -0.346 e. The zero-order chi connectivity index (χ0) is 21.7. The summed E-state index contributed by atoms with van der Waals surface area (Å²) in [5.74, 6) is 5.86. The summed E-state index contributed by atoms with van der Waals surface area (Å²) in [5, 5.41) is 18.2. The Morgan fingerprint density at radius 2 is 1.93 bits per heavy atom. The second-order valence-electron chi connectivity index (χ2n) is 6.62. The number of nitrogens with zero attached hydrogens (tertiary/aromatic N) is 5. The second kappa shape index (κ2) is 9.44. The number of aryl methyl sites for hydroxylation is 3. The molecule has 3 rings (SSSR count). The molecule has 0 spiro atoms. The number of thioether (sulfide) groups is 1. The minimum absolute atomic E-state index is 0.0469. The fourth-order valence-corrected chi connectivity index (χ4v) is 3.53. The first-order chi connectivity index (χ1) is 14.4. The largest absolute Gasteiger partial charge is 0.346 e. The molecule has 11 heteroatoms. The Hall–Kier alpha value is -3.34. The molecule has 158 valence electrons. The van der Waals surface area contributed by atoms with Gasteiger partial charge in [0.25, 0.3) is 5.95 Å². The van der Waals surface area contributed by atoms with E-state index in [2.05, 4.69) is 25.9 Å². The van der Waals surface area contributed by atoms with E-state index >= 15 is 0 Å². The molecule has 0 atom stereocenters. The maximum absolute atomic E-state index is 12.1. The number of para-hydroxylation sites is 1. The van der Waals surface area contributed by atoms with Gasteiger partial charge in [-0.2, -0.15) is 5.10 Å². The molecule has 1 aromatic carbocycles. The molecular weight excluding hydrogens is 404 g/mol. The number of nitrogens with two attached hydrogens (primary N) is 1. The van der Waals surface area contributed by atoms with Crippen LogP contribution >= 0.6 is 11.8 Å². The average Bonchev–Trinajstić information content (AvgIpc) is 3.25. The van der Waals surface area contributed by atoms with Gasteiger partial charge in [-0.15, -0.1) is 10.2 Å². The van der Waals surface area contributed by atoms with Crippen molar-refractivity contribution in [3.63, 3.8) is 0 Å². The maximum Gasteiger partial charge on any atom is 0.271 e. The lowest BCUT2D eigenvalue weighted by molar-refractivity contribution is -0.122. The first-order valence-electron chi connectivity index (χ1n) is 9.40. The molecule has 3 aromatic rings. The van der Waals surface area contributed by atoms with Gasteiger partial charge in [0, 0.05) is 11.4 Å². The number of rotatable bonds is 8. The molecule has 4 N–H and O–H groups in total. The molecule has 0 aliphatic rings. The van der Waals surface area contributed by atoms with Crippen LogP contribution in [0.1, 0.15) is 23.9 Å². The molecule has 0 unspecified atom stereocenters. The summed E-state index contributed by atoms with van der Waals surface area (Å²) in [6, 6.07) is 9.47. The molecule has 0 fully saturated rings. The third kappa shape index (κ3) is 4.98. The third-order valence-corrected chi connectivity index (χ3v) is 5.24. The van der Waals surface area contributed by atoms with Crippen LogP contribution in [-0.4, -0.2) is 48.8 Å². The topological polar surface area (TPSA) is 133 Å². The van der Waals surface area contributed by atoms with E-state index in [-0.39, 0.29) is 24.1 Å². The third-order valence-electron chi connectivity index (χ3n) is 4.30. The monoisotopic (exact) mass is 428 g/mol. The van der Waals surface area contributed by atoms with Gasteiger partial charge in [-0.25, -0.2) is 9.36 Å². The molecule has 0 aliphatic heterocycles. The quantitative estimate of drug-likeness (QED) is 0.363. The van der Waals surface area contributed by atoms with E-state index in [1.165, 1.54) is 4.68 Å². The summed E-state index contributed by atoms with van der Waals surface area (Å²) in [7, 11) is 0. The summed E-state index contributed by atoms with van der Waals surface area (Å²) >= 11 is 1.12. The summed E-state index contributed by atoms with van der Waals surface area (Å²) in [6.07, 6.45) is 0.804. The van der Waals surface area contributed by atoms with Gasteiger partial charge in [0.05, 0.1) is 18.0 Å². The lowest BCUT2D eigenvalue weighted by Crippen LogP contribution is -2.34. The number of nitrogens with one attached hydrogen (secondary N) is 2. The molecule has 30 heavy (non-hydrogen) atoms. The molecular formula is C19H24N8O2S. The van der Waals surface area contributed by atoms with E-state index in [0.29, 0.717) is 11.1 Å². The number of hydrogen-bond donors (Lipinski definition) is 3. The summed E-state index contributed by atoms with van der Waals surface area (Å²) in [5.41, 5.74) is 3.50. The van der Waals surface area contributed by atoms with Gasteiger partial charge >= 0.3 is 0 Å². The van der Waals surface area contributed by atoms with Crippen LogP contribution in [0.15, 0.2) is 35.5 Å². The van der Waals surface area contributed by atoms with Crippen LogP contribution in [0.25, 0.3) is 5.95 Å². The Morgan fingerprint density at radius 1 is 1.17 bits per heavy atom. The Labute approximate surface area is 178 Å².